The van der Waals surface area contributed by atoms with E-state index in [1.54, 1.807) is 24.3 Å². The summed E-state index contributed by atoms with van der Waals surface area (Å²) in [6, 6.07) is 7.17. The summed E-state index contributed by atoms with van der Waals surface area (Å²) in [5.41, 5.74) is 6.27. The summed E-state index contributed by atoms with van der Waals surface area (Å²) < 4.78 is 10.6. The van der Waals surface area contributed by atoms with Gasteiger partial charge in [-0.05, 0) is 37.6 Å². The smallest absolute Gasteiger partial charge is 0.220 e. The van der Waals surface area contributed by atoms with E-state index in [0.717, 1.165) is 12.2 Å². The van der Waals surface area contributed by atoms with Gasteiger partial charge in [-0.25, -0.2) is 0 Å². The average Bonchev–Trinajstić information content (AvgIpc) is 2.42. The first-order chi connectivity index (χ1) is 9.22. The molecule has 0 aliphatic carbocycles. The molecule has 0 spiro atoms. The van der Waals surface area contributed by atoms with Crippen LogP contribution in [0.2, 0.25) is 0 Å². The molecule has 1 rings (SSSR count). The molecule has 1 aromatic carbocycles. The van der Waals surface area contributed by atoms with Crippen LogP contribution >= 0.6 is 0 Å². The van der Waals surface area contributed by atoms with Crippen LogP contribution in [0.5, 0.6) is 5.75 Å². The Hall–Kier alpha value is -1.75. The van der Waals surface area contributed by atoms with Gasteiger partial charge in [-0.3, -0.25) is 4.79 Å². The fraction of sp³-hybridized carbons (Fsp3) is 0.500. The minimum Gasteiger partial charge on any atom is -0.492 e. The molecule has 0 heterocycles. The highest BCUT2D eigenvalue weighted by Gasteiger charge is 2.00. The number of nitrogen functional groups attached to an aromatic ring is 1. The number of nitrogens with one attached hydrogen (secondary N) is 1. The van der Waals surface area contributed by atoms with Crippen molar-refractivity contribution in [1.29, 1.82) is 0 Å². The van der Waals surface area contributed by atoms with Gasteiger partial charge >= 0.3 is 0 Å². The first-order valence-electron chi connectivity index (χ1n) is 6.55. The van der Waals surface area contributed by atoms with Crippen LogP contribution in [0.15, 0.2) is 24.3 Å². The maximum atomic E-state index is 11.4. The van der Waals surface area contributed by atoms with Crippen LogP contribution in [-0.4, -0.2) is 32.3 Å². The molecule has 0 aromatic heterocycles. The first kappa shape index (κ1) is 15.3. The highest BCUT2D eigenvalue weighted by Crippen LogP contribution is 2.12. The Kier molecular flexibility index (Phi) is 7.43. The Morgan fingerprint density at radius 2 is 2.00 bits per heavy atom. The van der Waals surface area contributed by atoms with E-state index in [-0.39, 0.29) is 5.91 Å². The normalized spacial score (nSPS) is 10.2. The van der Waals surface area contributed by atoms with Crippen LogP contribution < -0.4 is 15.8 Å². The van der Waals surface area contributed by atoms with Gasteiger partial charge in [0, 0.05) is 25.3 Å². The lowest BCUT2D eigenvalue weighted by Gasteiger charge is -2.08. The molecule has 0 fully saturated rings. The molecule has 0 saturated heterocycles. The Morgan fingerprint density at radius 1 is 1.26 bits per heavy atom. The van der Waals surface area contributed by atoms with Crippen molar-refractivity contribution in [2.24, 2.45) is 0 Å². The van der Waals surface area contributed by atoms with Crippen LogP contribution in [-0.2, 0) is 9.53 Å². The molecule has 0 unspecified atom stereocenters. The summed E-state index contributed by atoms with van der Waals surface area (Å²) in [5, 5.41) is 2.80. The topological polar surface area (TPSA) is 73.6 Å². The second-order valence-corrected chi connectivity index (χ2v) is 4.07. The number of hydrogen-bond acceptors (Lipinski definition) is 4. The lowest BCUT2D eigenvalue weighted by molar-refractivity contribution is -0.121. The maximum absolute atomic E-state index is 11.4. The molecular formula is C14H22N2O3. The van der Waals surface area contributed by atoms with Crippen molar-refractivity contribution in [3.8, 4) is 5.75 Å². The maximum Gasteiger partial charge on any atom is 0.220 e. The van der Waals surface area contributed by atoms with Gasteiger partial charge in [0.05, 0.1) is 6.54 Å². The molecule has 0 radical (unpaired) electrons. The van der Waals surface area contributed by atoms with Gasteiger partial charge in [-0.2, -0.15) is 0 Å². The van der Waals surface area contributed by atoms with Gasteiger partial charge in [0.15, 0.2) is 0 Å². The van der Waals surface area contributed by atoms with Crippen molar-refractivity contribution in [3.63, 3.8) is 0 Å². The SMILES string of the molecule is CCOCCCC(=O)NCCOc1ccc(N)cc1. The number of benzene rings is 1. The quantitative estimate of drug-likeness (QED) is 0.526. The summed E-state index contributed by atoms with van der Waals surface area (Å²) in [7, 11) is 0. The minimum atomic E-state index is 0.0283. The zero-order chi connectivity index (χ0) is 13.9. The third-order valence-electron chi connectivity index (χ3n) is 2.47. The van der Waals surface area contributed by atoms with E-state index in [1.807, 2.05) is 6.92 Å². The van der Waals surface area contributed by atoms with Crippen molar-refractivity contribution >= 4 is 11.6 Å². The largest absolute Gasteiger partial charge is 0.492 e. The Balaban J connectivity index is 2.03. The molecule has 5 nitrogen and oxygen atoms in total. The van der Waals surface area contributed by atoms with Crippen LogP contribution in [0, 0.1) is 0 Å². The minimum absolute atomic E-state index is 0.0283. The first-order valence-corrected chi connectivity index (χ1v) is 6.55. The molecule has 1 amide bonds. The van der Waals surface area contributed by atoms with E-state index in [0.29, 0.717) is 38.5 Å². The number of anilines is 1. The summed E-state index contributed by atoms with van der Waals surface area (Å²) in [5.74, 6) is 0.778. The predicted octanol–water partition coefficient (Wildman–Crippen LogP) is 1.58. The molecule has 0 saturated carbocycles. The number of nitrogens with two attached hydrogens (primary N) is 1. The van der Waals surface area contributed by atoms with Gasteiger partial charge in [0.1, 0.15) is 12.4 Å². The Morgan fingerprint density at radius 3 is 2.68 bits per heavy atom. The average molecular weight is 266 g/mol. The predicted molar refractivity (Wildman–Crippen MR) is 75.1 cm³/mol. The summed E-state index contributed by atoms with van der Waals surface area (Å²) in [6.07, 6.45) is 1.24. The molecule has 1 aromatic rings. The van der Waals surface area contributed by atoms with E-state index in [2.05, 4.69) is 5.32 Å². The number of rotatable bonds is 9. The van der Waals surface area contributed by atoms with Gasteiger partial charge in [0.2, 0.25) is 5.91 Å². The number of ether oxygens (including phenoxy) is 2. The molecule has 0 atom stereocenters. The Labute approximate surface area is 114 Å². The van der Waals surface area contributed by atoms with Crippen LogP contribution in [0.4, 0.5) is 5.69 Å². The molecular weight excluding hydrogens is 244 g/mol. The monoisotopic (exact) mass is 266 g/mol. The number of carbonyl (C=O) groups is 1. The molecule has 5 heteroatoms. The van der Waals surface area contributed by atoms with Crippen molar-refractivity contribution in [2.75, 3.05) is 32.1 Å². The van der Waals surface area contributed by atoms with Gasteiger partial charge < -0.3 is 20.5 Å². The van der Waals surface area contributed by atoms with Crippen molar-refractivity contribution < 1.29 is 14.3 Å². The van der Waals surface area contributed by atoms with E-state index in [4.69, 9.17) is 15.2 Å². The zero-order valence-electron chi connectivity index (χ0n) is 11.4. The van der Waals surface area contributed by atoms with E-state index >= 15 is 0 Å². The van der Waals surface area contributed by atoms with Crippen molar-refractivity contribution in [3.05, 3.63) is 24.3 Å². The zero-order valence-corrected chi connectivity index (χ0v) is 11.4. The fourth-order valence-electron chi connectivity index (χ4n) is 1.49. The number of carbonyl (C=O) groups excluding carboxylic acids is 1. The molecule has 3 N–H and O–H groups in total. The van der Waals surface area contributed by atoms with Gasteiger partial charge in [-0.15, -0.1) is 0 Å². The molecule has 0 aliphatic heterocycles. The molecule has 106 valence electrons. The number of amides is 1. The molecule has 19 heavy (non-hydrogen) atoms. The van der Waals surface area contributed by atoms with E-state index in [9.17, 15) is 4.79 Å². The lowest BCUT2D eigenvalue weighted by Crippen LogP contribution is -2.28. The standard InChI is InChI=1S/C14H22N2O3/c1-2-18-10-3-4-14(17)16-9-11-19-13-7-5-12(15)6-8-13/h5-8H,2-4,9-11,15H2,1H3,(H,16,17). The third kappa shape index (κ3) is 7.31. The van der Waals surface area contributed by atoms with Crippen molar-refractivity contribution in [1.82, 2.24) is 5.32 Å². The molecule has 0 bridgehead atoms. The highest BCUT2D eigenvalue weighted by molar-refractivity contribution is 5.75. The van der Waals surface area contributed by atoms with Crippen molar-refractivity contribution in [2.45, 2.75) is 19.8 Å². The molecule has 0 aliphatic rings. The highest BCUT2D eigenvalue weighted by atomic mass is 16.5. The lowest BCUT2D eigenvalue weighted by atomic mass is 10.3. The number of hydrogen-bond donors (Lipinski definition) is 2. The van der Waals surface area contributed by atoms with Crippen LogP contribution in [0.25, 0.3) is 0 Å². The van der Waals surface area contributed by atoms with Crippen LogP contribution in [0.3, 0.4) is 0 Å². The second-order valence-electron chi connectivity index (χ2n) is 4.07. The van der Waals surface area contributed by atoms with Gasteiger partial charge in [0.25, 0.3) is 0 Å². The van der Waals surface area contributed by atoms with Crippen LogP contribution in [0.1, 0.15) is 19.8 Å². The van der Waals surface area contributed by atoms with Gasteiger partial charge in [-0.1, -0.05) is 0 Å². The summed E-state index contributed by atoms with van der Waals surface area (Å²) in [4.78, 5) is 11.4. The Bertz CT molecular complexity index is 365. The fourth-order valence-corrected chi connectivity index (χ4v) is 1.49. The third-order valence-corrected chi connectivity index (χ3v) is 2.47. The van der Waals surface area contributed by atoms with E-state index in [1.165, 1.54) is 0 Å². The second kappa shape index (κ2) is 9.22. The van der Waals surface area contributed by atoms with E-state index < -0.39 is 0 Å². The summed E-state index contributed by atoms with van der Waals surface area (Å²) >= 11 is 0. The summed E-state index contributed by atoms with van der Waals surface area (Å²) in [6.45, 7) is 4.20.